The highest BCUT2D eigenvalue weighted by Gasteiger charge is 1.84. The summed E-state index contributed by atoms with van der Waals surface area (Å²) in [4.78, 5) is 0. The molecule has 5 atom stereocenters. The second-order valence-corrected chi connectivity index (χ2v) is 17.2. The molecule has 0 fully saturated rings. The molecule has 38 valence electrons. The van der Waals surface area contributed by atoms with Gasteiger partial charge in [-0.15, -0.1) is 26.8 Å². The molecule has 5 unspecified atom stereocenters. The van der Waals surface area contributed by atoms with Crippen LogP contribution in [0.25, 0.3) is 0 Å². The predicted molar refractivity (Wildman–Crippen MR) is 52.7 cm³/mol. The molecule has 0 radical (unpaired) electrons. The van der Waals surface area contributed by atoms with Crippen LogP contribution in [0, 0.1) is 0 Å². The lowest BCUT2D eigenvalue weighted by molar-refractivity contribution is 5.02. The van der Waals surface area contributed by atoms with Crippen molar-refractivity contribution in [2.24, 2.45) is 0 Å². The molecule has 0 saturated carbocycles. The van der Waals surface area contributed by atoms with E-state index in [2.05, 4.69) is 26.8 Å². The molecule has 6 heavy (non-hydrogen) atoms. The zero-order valence-electron chi connectivity index (χ0n) is 4.13. The molecule has 0 aliphatic carbocycles. The van der Waals surface area contributed by atoms with Gasteiger partial charge in [0.2, 0.25) is 0 Å². The second-order valence-electron chi connectivity index (χ2n) is 0.636. The summed E-state index contributed by atoms with van der Waals surface area (Å²) < 4.78 is 7.14. The molecule has 0 aliphatic heterocycles. The van der Waals surface area contributed by atoms with Crippen molar-refractivity contribution in [1.29, 1.82) is 1.28 Å². The Morgan fingerprint density at radius 3 is 2.17 bits per heavy atom. The van der Waals surface area contributed by atoms with Gasteiger partial charge in [-0.05, 0) is 6.99 Å². The zero-order valence-corrected chi connectivity index (χ0v) is 9.38. The van der Waals surface area contributed by atoms with Crippen LogP contribution in [0.5, 0.6) is 0 Å². The second kappa shape index (κ2) is 5.71. The smallest absolute Gasteiger partial charge is 0.0672 e. The molecule has 6 heteroatoms. The van der Waals surface area contributed by atoms with Crippen molar-refractivity contribution < 1.29 is 0 Å². The van der Waals surface area contributed by atoms with Gasteiger partial charge in [0.25, 0.3) is 0 Å². The zero-order chi connectivity index (χ0) is 5.86. The Morgan fingerprint density at radius 1 is 1.67 bits per heavy atom. The summed E-state index contributed by atoms with van der Waals surface area (Å²) in [5, 5.41) is 0. The average molecular weight is 196 g/mol. The molecule has 0 aromatic heterocycles. The lowest BCUT2D eigenvalue weighted by Crippen LogP contribution is -1.04. The van der Waals surface area contributed by atoms with Crippen molar-refractivity contribution in [2.45, 2.75) is 0 Å². The van der Waals surface area contributed by atoms with Gasteiger partial charge in [0, 0.05) is 0 Å². The van der Waals surface area contributed by atoms with E-state index < -0.39 is 7.90 Å². The van der Waals surface area contributed by atoms with Crippen molar-refractivity contribution in [3.8, 4) is 0 Å². The van der Waals surface area contributed by atoms with Gasteiger partial charge >= 0.3 is 0 Å². The summed E-state index contributed by atoms with van der Waals surface area (Å²) in [6, 6.07) is 0. The quantitative estimate of drug-likeness (QED) is 0.595. The van der Waals surface area contributed by atoms with Gasteiger partial charge in [-0.1, -0.05) is 15.9 Å². The number of rotatable bonds is 2. The predicted octanol–water partition coefficient (Wildman–Crippen LogP) is 3.03. The summed E-state index contributed by atoms with van der Waals surface area (Å²) >= 11 is 0. The molecule has 0 aliphatic rings. The monoisotopic (exact) mass is 196 g/mol. The standard InChI is InChI=1S/H8P6/c1-4-5-6(2)3/h4-5H,1-3H2/i4T. The van der Waals surface area contributed by atoms with E-state index in [9.17, 15) is 0 Å². The van der Waals surface area contributed by atoms with Crippen LogP contribution in [0.2, 0.25) is 0 Å². The molecule has 0 heterocycles. The minimum Gasteiger partial charge on any atom is -0.110 e. The average Bonchev–Trinajstić information content (AvgIpc) is 1.27. The lowest BCUT2D eigenvalue weighted by Gasteiger charge is -1.97. The van der Waals surface area contributed by atoms with E-state index in [4.69, 9.17) is 1.28 Å². The van der Waals surface area contributed by atoms with Gasteiger partial charge in [0.1, 0.15) is 0 Å². The molecule has 0 aromatic carbocycles. The van der Waals surface area contributed by atoms with Gasteiger partial charge in [0.15, 0.2) is 0 Å². The third kappa shape index (κ3) is 6.58. The number of hydrogen-bond acceptors (Lipinski definition) is 0. The van der Waals surface area contributed by atoms with Crippen LogP contribution in [0.15, 0.2) is 0 Å². The maximum Gasteiger partial charge on any atom is 0.0672 e. The fourth-order valence-electron chi connectivity index (χ4n) is 0.0667. The van der Waals surface area contributed by atoms with Crippen LogP contribution in [0.4, 0.5) is 0 Å². The maximum atomic E-state index is 7.14. The highest BCUT2D eigenvalue weighted by atomic mass is 32.9. The first-order valence-electron chi connectivity index (χ1n) is 1.67. The normalized spacial score (nSPS) is 19.7. The van der Waals surface area contributed by atoms with E-state index >= 15 is 0 Å². The van der Waals surface area contributed by atoms with Crippen molar-refractivity contribution in [3.05, 3.63) is 0 Å². The topological polar surface area (TPSA) is 0 Å². The third-order valence-corrected chi connectivity index (χ3v) is 14.0. The van der Waals surface area contributed by atoms with E-state index in [1.54, 1.807) is 0 Å². The van der Waals surface area contributed by atoms with Crippen molar-refractivity contribution >= 4 is 49.6 Å². The van der Waals surface area contributed by atoms with Gasteiger partial charge in [0.05, 0.1) is 1.28 Å². The van der Waals surface area contributed by atoms with Crippen molar-refractivity contribution in [3.63, 3.8) is 0 Å². The SMILES string of the molecule is [3H]P(P)PP(P)P. The molecule has 0 aromatic rings. The van der Waals surface area contributed by atoms with Gasteiger partial charge in [-0.3, -0.25) is 0 Å². The summed E-state index contributed by atoms with van der Waals surface area (Å²) in [6.07, 6.45) is 0. The summed E-state index contributed by atoms with van der Waals surface area (Å²) in [6.45, 7) is 0.0417. The number of hydrogen-bond donors (Lipinski definition) is 0. The fourth-order valence-corrected chi connectivity index (χ4v) is 16.2. The molecular formula is H8P6. The highest BCUT2D eigenvalue weighted by Crippen LogP contribution is 2.77. The van der Waals surface area contributed by atoms with E-state index in [-0.39, 0.29) is 6.99 Å². The van der Waals surface area contributed by atoms with Gasteiger partial charge in [-0.25, -0.2) is 0 Å². The molecule has 0 bridgehead atoms. The van der Waals surface area contributed by atoms with E-state index in [1.165, 1.54) is 0 Å². The summed E-state index contributed by atoms with van der Waals surface area (Å²) in [7, 11) is 8.36. The van der Waals surface area contributed by atoms with Crippen LogP contribution < -0.4 is 0 Å². The van der Waals surface area contributed by atoms with Gasteiger partial charge < -0.3 is 0 Å². The molecule has 0 saturated heterocycles. The Bertz CT molecular complexity index is 33.4. The first-order chi connectivity index (χ1) is 3.13. The van der Waals surface area contributed by atoms with Crippen LogP contribution >= 0.6 is 49.6 Å². The molecular weight excluding hydrogens is 186 g/mol. The Morgan fingerprint density at radius 2 is 2.17 bits per heavy atom. The van der Waals surface area contributed by atoms with E-state index in [1.807, 2.05) is 0 Å². The minimum atomic E-state index is -0.458. The fraction of sp³-hybridized carbons (Fsp3) is 0. The summed E-state index contributed by atoms with van der Waals surface area (Å²) in [5.74, 6) is 0. The summed E-state index contributed by atoms with van der Waals surface area (Å²) in [5.41, 5.74) is 0. The van der Waals surface area contributed by atoms with E-state index in [0.717, 1.165) is 7.96 Å². The molecule has 0 nitrogen and oxygen atoms in total. The third-order valence-electron chi connectivity index (χ3n) is 0.173. The maximum absolute atomic E-state index is 7.14. The van der Waals surface area contributed by atoms with Crippen molar-refractivity contribution in [2.75, 3.05) is 0 Å². The molecule has 0 rings (SSSR count). The Kier molecular flexibility index (Phi) is 6.38. The first-order valence-corrected chi connectivity index (χ1v) is 11.0. The minimum absolute atomic E-state index is 0.0417. The molecule has 0 spiro atoms. The molecule has 0 N–H and O–H groups in total. The van der Waals surface area contributed by atoms with Crippen LogP contribution in [-0.2, 0) is 0 Å². The largest absolute Gasteiger partial charge is 0.110 e. The van der Waals surface area contributed by atoms with Gasteiger partial charge in [-0.2, -0.15) is 0 Å². The Hall–Kier alpha value is 2.58. The van der Waals surface area contributed by atoms with Crippen LogP contribution in [-0.4, -0.2) is 1.28 Å². The van der Waals surface area contributed by atoms with E-state index in [0.29, 0.717) is 0 Å². The van der Waals surface area contributed by atoms with Crippen LogP contribution in [0.1, 0.15) is 0 Å². The Balaban J connectivity index is 2.95. The van der Waals surface area contributed by atoms with Crippen molar-refractivity contribution in [1.82, 2.24) is 0 Å². The first kappa shape index (κ1) is 6.70. The van der Waals surface area contributed by atoms with Crippen LogP contribution in [0.3, 0.4) is 0 Å². The Labute approximate surface area is 51.5 Å². The lowest BCUT2D eigenvalue weighted by atomic mass is 29.1. The molecule has 0 amide bonds. The highest BCUT2D eigenvalue weighted by molar-refractivity contribution is 8.82.